The van der Waals surface area contributed by atoms with Crippen molar-refractivity contribution in [3.05, 3.63) is 41.4 Å². The van der Waals surface area contributed by atoms with Gasteiger partial charge in [0.25, 0.3) is 10.0 Å². The van der Waals surface area contributed by atoms with E-state index in [0.29, 0.717) is 17.2 Å². The second kappa shape index (κ2) is 10.6. The van der Waals surface area contributed by atoms with Crippen molar-refractivity contribution >= 4 is 33.2 Å². The molecule has 0 aliphatic carbocycles. The van der Waals surface area contributed by atoms with Gasteiger partial charge in [0.15, 0.2) is 11.5 Å². The molecule has 0 aliphatic heterocycles. The van der Waals surface area contributed by atoms with Gasteiger partial charge in [0, 0.05) is 17.1 Å². The van der Waals surface area contributed by atoms with Crippen molar-refractivity contribution in [1.29, 1.82) is 0 Å². The van der Waals surface area contributed by atoms with Crippen LogP contribution in [0, 0.1) is 0 Å². The molecule has 31 heavy (non-hydrogen) atoms. The van der Waals surface area contributed by atoms with Crippen molar-refractivity contribution in [3.63, 3.8) is 0 Å². The molecule has 1 N–H and O–H groups in total. The lowest BCUT2D eigenvalue weighted by Gasteiger charge is -2.26. The Morgan fingerprint density at radius 2 is 1.65 bits per heavy atom. The first-order chi connectivity index (χ1) is 14.7. The van der Waals surface area contributed by atoms with Gasteiger partial charge in [0.05, 0.1) is 31.9 Å². The summed E-state index contributed by atoms with van der Waals surface area (Å²) in [5, 5.41) is 3.08. The lowest BCUT2D eigenvalue weighted by atomic mass is 10.2. The number of methoxy groups -OCH3 is 3. The van der Waals surface area contributed by atoms with Crippen LogP contribution in [0.5, 0.6) is 17.2 Å². The van der Waals surface area contributed by atoms with E-state index in [-0.39, 0.29) is 28.1 Å². The van der Waals surface area contributed by atoms with E-state index in [2.05, 4.69) is 5.32 Å². The predicted molar refractivity (Wildman–Crippen MR) is 120 cm³/mol. The Labute approximate surface area is 188 Å². The number of rotatable bonds is 10. The normalized spacial score (nSPS) is 12.1. The van der Waals surface area contributed by atoms with Crippen LogP contribution in [-0.4, -0.2) is 48.2 Å². The van der Waals surface area contributed by atoms with Crippen LogP contribution in [-0.2, 0) is 14.8 Å². The second-order valence-corrected chi connectivity index (χ2v) is 9.02. The number of benzene rings is 2. The molecule has 0 saturated carbocycles. The number of nitrogens with one attached hydrogen (secondary N) is 1. The Kier molecular flexibility index (Phi) is 8.41. The van der Waals surface area contributed by atoms with Crippen molar-refractivity contribution < 1.29 is 27.4 Å². The fourth-order valence-electron chi connectivity index (χ4n) is 2.81. The molecule has 170 valence electrons. The average Bonchev–Trinajstić information content (AvgIpc) is 2.76. The molecule has 0 saturated heterocycles. The molecular weight excluding hydrogens is 444 g/mol. The molecular formula is C21H27ClN2O6S. The van der Waals surface area contributed by atoms with Gasteiger partial charge in [-0.25, -0.2) is 8.42 Å². The van der Waals surface area contributed by atoms with Crippen molar-refractivity contribution in [2.75, 3.05) is 32.2 Å². The van der Waals surface area contributed by atoms with E-state index in [0.717, 1.165) is 4.31 Å². The fraction of sp³-hybridized carbons (Fsp3) is 0.381. The largest absolute Gasteiger partial charge is 0.495 e. The summed E-state index contributed by atoms with van der Waals surface area (Å²) in [6.45, 7) is 3.30. The average molecular weight is 471 g/mol. The number of hydrogen-bond donors (Lipinski definition) is 1. The highest BCUT2D eigenvalue weighted by Crippen LogP contribution is 2.36. The first-order valence-corrected chi connectivity index (χ1v) is 11.4. The van der Waals surface area contributed by atoms with Crippen LogP contribution in [0.25, 0.3) is 0 Å². The minimum Gasteiger partial charge on any atom is -0.495 e. The summed E-state index contributed by atoms with van der Waals surface area (Å²) in [5.41, 5.74) is 0.143. The first kappa shape index (κ1) is 24.6. The maximum Gasteiger partial charge on any atom is 0.265 e. The zero-order chi connectivity index (χ0) is 23.2. The molecule has 8 nitrogen and oxygen atoms in total. The number of sulfonamides is 1. The van der Waals surface area contributed by atoms with Crippen molar-refractivity contribution in [2.24, 2.45) is 0 Å². The van der Waals surface area contributed by atoms with Crippen molar-refractivity contribution in [3.8, 4) is 17.2 Å². The quantitative estimate of drug-likeness (QED) is 0.571. The molecule has 2 aromatic carbocycles. The summed E-state index contributed by atoms with van der Waals surface area (Å²) in [6.07, 6.45) is 0.703. The van der Waals surface area contributed by atoms with E-state index in [1.54, 1.807) is 12.1 Å². The summed E-state index contributed by atoms with van der Waals surface area (Å²) >= 11 is 6.13. The van der Waals surface area contributed by atoms with Crippen LogP contribution in [0.2, 0.25) is 5.02 Å². The van der Waals surface area contributed by atoms with Crippen LogP contribution >= 0.6 is 11.6 Å². The molecule has 0 heterocycles. The standard InChI is InChI=1S/C21H27ClN2O6S/c1-6-14(2)23-21(25)13-24(17-11-15(22)7-9-18(17)28-3)31(26,27)16-8-10-19(29-4)20(12-16)30-5/h7-12,14H,6,13H2,1-5H3,(H,23,25)/t14-/m0/s1. The Morgan fingerprint density at radius 3 is 2.23 bits per heavy atom. The third-order valence-corrected chi connectivity index (χ3v) is 6.65. The smallest absolute Gasteiger partial charge is 0.265 e. The zero-order valence-electron chi connectivity index (χ0n) is 18.1. The molecule has 0 aliphatic rings. The highest BCUT2D eigenvalue weighted by atomic mass is 35.5. The van der Waals surface area contributed by atoms with Gasteiger partial charge in [0.1, 0.15) is 12.3 Å². The Morgan fingerprint density at radius 1 is 1.03 bits per heavy atom. The molecule has 1 amide bonds. The number of hydrogen-bond acceptors (Lipinski definition) is 6. The summed E-state index contributed by atoms with van der Waals surface area (Å²) in [7, 11) is 0.0707. The molecule has 10 heteroatoms. The van der Waals surface area contributed by atoms with E-state index in [4.69, 9.17) is 25.8 Å². The molecule has 0 aromatic heterocycles. The number of ether oxygens (including phenoxy) is 3. The maximum absolute atomic E-state index is 13.6. The van der Waals surface area contributed by atoms with Crippen LogP contribution in [0.3, 0.4) is 0 Å². The lowest BCUT2D eigenvalue weighted by molar-refractivity contribution is -0.120. The number of halogens is 1. The van der Waals surface area contributed by atoms with Crippen LogP contribution in [0.4, 0.5) is 5.69 Å². The van der Waals surface area contributed by atoms with Crippen LogP contribution < -0.4 is 23.8 Å². The second-order valence-electron chi connectivity index (χ2n) is 6.72. The summed E-state index contributed by atoms with van der Waals surface area (Å²) < 4.78 is 44.0. The molecule has 0 radical (unpaired) electrons. The summed E-state index contributed by atoms with van der Waals surface area (Å²) in [4.78, 5) is 12.6. The van der Waals surface area contributed by atoms with Gasteiger partial charge in [-0.3, -0.25) is 9.10 Å². The molecule has 2 rings (SSSR count). The molecule has 0 fully saturated rings. The summed E-state index contributed by atoms with van der Waals surface area (Å²) in [5.74, 6) is 0.415. The van der Waals surface area contributed by atoms with Crippen molar-refractivity contribution in [1.82, 2.24) is 5.32 Å². The molecule has 0 bridgehead atoms. The topological polar surface area (TPSA) is 94.2 Å². The van der Waals surface area contributed by atoms with E-state index in [1.165, 1.54) is 45.6 Å². The van der Waals surface area contributed by atoms with Gasteiger partial charge in [-0.15, -0.1) is 0 Å². The number of anilines is 1. The minimum absolute atomic E-state index is 0.0801. The maximum atomic E-state index is 13.6. The third-order valence-electron chi connectivity index (χ3n) is 4.66. The number of nitrogens with zero attached hydrogens (tertiary/aromatic N) is 1. The van der Waals surface area contributed by atoms with Gasteiger partial charge in [-0.05, 0) is 43.7 Å². The van der Waals surface area contributed by atoms with Gasteiger partial charge in [-0.1, -0.05) is 18.5 Å². The molecule has 0 unspecified atom stereocenters. The van der Waals surface area contributed by atoms with E-state index in [1.807, 2.05) is 13.8 Å². The zero-order valence-corrected chi connectivity index (χ0v) is 19.7. The van der Waals surface area contributed by atoms with E-state index < -0.39 is 22.5 Å². The highest BCUT2D eigenvalue weighted by Gasteiger charge is 2.31. The Bertz CT molecular complexity index is 1030. The lowest BCUT2D eigenvalue weighted by Crippen LogP contribution is -2.43. The molecule has 2 aromatic rings. The van der Waals surface area contributed by atoms with Crippen LogP contribution in [0.1, 0.15) is 20.3 Å². The van der Waals surface area contributed by atoms with Gasteiger partial charge >= 0.3 is 0 Å². The first-order valence-electron chi connectivity index (χ1n) is 9.55. The minimum atomic E-state index is -4.20. The Hall–Kier alpha value is -2.65. The number of carbonyl (C=O) groups excluding carboxylic acids is 1. The van der Waals surface area contributed by atoms with Gasteiger partial charge in [-0.2, -0.15) is 0 Å². The monoisotopic (exact) mass is 470 g/mol. The highest BCUT2D eigenvalue weighted by molar-refractivity contribution is 7.92. The van der Waals surface area contributed by atoms with Crippen LogP contribution in [0.15, 0.2) is 41.3 Å². The van der Waals surface area contributed by atoms with E-state index >= 15 is 0 Å². The number of amides is 1. The summed E-state index contributed by atoms with van der Waals surface area (Å²) in [6, 6.07) is 8.65. The fourth-order valence-corrected chi connectivity index (χ4v) is 4.42. The Balaban J connectivity index is 2.61. The van der Waals surface area contributed by atoms with E-state index in [9.17, 15) is 13.2 Å². The number of carbonyl (C=O) groups is 1. The molecule has 1 atom stereocenters. The third kappa shape index (κ3) is 5.74. The van der Waals surface area contributed by atoms with Gasteiger partial charge in [0.2, 0.25) is 5.91 Å². The predicted octanol–water partition coefficient (Wildman–Crippen LogP) is 3.48. The SMILES string of the molecule is CC[C@H](C)NC(=O)CN(c1cc(Cl)ccc1OC)S(=O)(=O)c1ccc(OC)c(OC)c1. The van der Waals surface area contributed by atoms with Crippen molar-refractivity contribution in [2.45, 2.75) is 31.2 Å². The molecule has 0 spiro atoms. The van der Waals surface area contributed by atoms with Gasteiger partial charge < -0.3 is 19.5 Å².